The van der Waals surface area contributed by atoms with Crippen LogP contribution in [-0.4, -0.2) is 60.0 Å². The Kier molecular flexibility index (Phi) is 3.54. The maximum absolute atomic E-state index is 12.4. The Bertz CT molecular complexity index is 431. The minimum atomic E-state index is -0.0332. The first-order chi connectivity index (χ1) is 9.60. The van der Waals surface area contributed by atoms with Crippen LogP contribution in [0.15, 0.2) is 12.7 Å². The predicted molar refractivity (Wildman–Crippen MR) is 73.9 cm³/mol. The van der Waals surface area contributed by atoms with Crippen LogP contribution in [-0.2, 0) is 14.3 Å². The van der Waals surface area contributed by atoms with Crippen LogP contribution in [0.25, 0.3) is 0 Å². The third kappa shape index (κ3) is 2.24. The first-order valence-corrected chi connectivity index (χ1v) is 7.41. The standard InChI is InChI=1S/C15H22N2O3/c1-3-4-17-12-7-16(8-13(12)20-9-14(17)18)15(19)11-5-10(2)6-11/h3,10-13H,1,4-9H2,2H3/t10?,11?,12-,13-/m1/s1. The number of rotatable bonds is 3. The van der Waals surface area contributed by atoms with Crippen LogP contribution in [0.3, 0.4) is 0 Å². The molecule has 0 radical (unpaired) electrons. The molecule has 2 saturated heterocycles. The molecule has 2 atom stereocenters. The van der Waals surface area contributed by atoms with Crippen LogP contribution < -0.4 is 0 Å². The Hall–Kier alpha value is -1.36. The second-order valence-electron chi connectivity index (χ2n) is 6.27. The highest BCUT2D eigenvalue weighted by atomic mass is 16.5. The first-order valence-electron chi connectivity index (χ1n) is 7.41. The van der Waals surface area contributed by atoms with Crippen molar-refractivity contribution in [2.45, 2.75) is 31.9 Å². The van der Waals surface area contributed by atoms with Gasteiger partial charge in [-0.25, -0.2) is 0 Å². The van der Waals surface area contributed by atoms with Gasteiger partial charge in [0.1, 0.15) is 6.61 Å². The number of carbonyl (C=O) groups excluding carboxylic acids is 2. The van der Waals surface area contributed by atoms with Gasteiger partial charge >= 0.3 is 0 Å². The van der Waals surface area contributed by atoms with Gasteiger partial charge in [0.2, 0.25) is 11.8 Å². The number of hydrogen-bond acceptors (Lipinski definition) is 3. The number of amides is 2. The zero-order valence-corrected chi connectivity index (χ0v) is 12.0. The summed E-state index contributed by atoms with van der Waals surface area (Å²) in [7, 11) is 0. The summed E-state index contributed by atoms with van der Waals surface area (Å²) in [5, 5.41) is 0. The number of ether oxygens (including phenoxy) is 1. The maximum Gasteiger partial charge on any atom is 0.249 e. The molecule has 20 heavy (non-hydrogen) atoms. The monoisotopic (exact) mass is 278 g/mol. The van der Waals surface area contributed by atoms with Crippen LogP contribution in [0.4, 0.5) is 0 Å². The topological polar surface area (TPSA) is 49.9 Å². The molecule has 5 heteroatoms. The smallest absolute Gasteiger partial charge is 0.249 e. The van der Waals surface area contributed by atoms with Crippen LogP contribution in [0.2, 0.25) is 0 Å². The van der Waals surface area contributed by atoms with Crippen LogP contribution in [0.5, 0.6) is 0 Å². The van der Waals surface area contributed by atoms with E-state index in [0.29, 0.717) is 25.6 Å². The Morgan fingerprint density at radius 1 is 1.45 bits per heavy atom. The molecular weight excluding hydrogens is 256 g/mol. The molecule has 2 heterocycles. The number of morpholine rings is 1. The zero-order chi connectivity index (χ0) is 14.3. The molecule has 3 fully saturated rings. The van der Waals surface area contributed by atoms with Crippen molar-refractivity contribution < 1.29 is 14.3 Å². The van der Waals surface area contributed by atoms with Crippen molar-refractivity contribution in [3.8, 4) is 0 Å². The molecular formula is C15H22N2O3. The van der Waals surface area contributed by atoms with E-state index in [-0.39, 0.29) is 36.5 Å². The van der Waals surface area contributed by atoms with Gasteiger partial charge < -0.3 is 14.5 Å². The summed E-state index contributed by atoms with van der Waals surface area (Å²) < 4.78 is 5.60. The van der Waals surface area contributed by atoms with Crippen molar-refractivity contribution in [1.82, 2.24) is 9.80 Å². The van der Waals surface area contributed by atoms with E-state index in [1.807, 2.05) is 4.90 Å². The van der Waals surface area contributed by atoms with Crippen molar-refractivity contribution in [3.05, 3.63) is 12.7 Å². The number of carbonyl (C=O) groups is 2. The molecule has 0 spiro atoms. The van der Waals surface area contributed by atoms with E-state index < -0.39 is 0 Å². The van der Waals surface area contributed by atoms with Gasteiger partial charge in [-0.3, -0.25) is 9.59 Å². The molecule has 0 aromatic carbocycles. The van der Waals surface area contributed by atoms with Crippen LogP contribution in [0, 0.1) is 11.8 Å². The molecule has 3 rings (SSSR count). The molecule has 0 bridgehead atoms. The summed E-state index contributed by atoms with van der Waals surface area (Å²) >= 11 is 0. The van der Waals surface area contributed by atoms with Crippen LogP contribution >= 0.6 is 0 Å². The molecule has 110 valence electrons. The summed E-state index contributed by atoms with van der Waals surface area (Å²) in [6, 6.07) is -0.00398. The average molecular weight is 278 g/mol. The molecule has 0 aromatic heterocycles. The van der Waals surface area contributed by atoms with Gasteiger partial charge in [-0.15, -0.1) is 6.58 Å². The fourth-order valence-electron chi connectivity index (χ4n) is 3.58. The third-order valence-electron chi connectivity index (χ3n) is 4.74. The lowest BCUT2D eigenvalue weighted by molar-refractivity contribution is -0.151. The summed E-state index contributed by atoms with van der Waals surface area (Å²) in [6.07, 6.45) is 3.70. The third-order valence-corrected chi connectivity index (χ3v) is 4.74. The van der Waals surface area contributed by atoms with Crippen LogP contribution in [0.1, 0.15) is 19.8 Å². The van der Waals surface area contributed by atoms with Crippen molar-refractivity contribution in [2.75, 3.05) is 26.2 Å². The lowest BCUT2D eigenvalue weighted by atomic mass is 9.75. The minimum Gasteiger partial charge on any atom is -0.364 e. The van der Waals surface area contributed by atoms with Crippen molar-refractivity contribution in [3.63, 3.8) is 0 Å². The van der Waals surface area contributed by atoms with E-state index >= 15 is 0 Å². The van der Waals surface area contributed by atoms with E-state index in [0.717, 1.165) is 12.8 Å². The predicted octanol–water partition coefficient (Wildman–Crippen LogP) is 0.657. The summed E-state index contributed by atoms with van der Waals surface area (Å²) in [6.45, 7) is 7.76. The maximum atomic E-state index is 12.4. The number of likely N-dealkylation sites (tertiary alicyclic amines) is 1. The lowest BCUT2D eigenvalue weighted by Crippen LogP contribution is -2.54. The van der Waals surface area contributed by atoms with Crippen molar-refractivity contribution in [2.24, 2.45) is 11.8 Å². The Morgan fingerprint density at radius 2 is 2.20 bits per heavy atom. The summed E-state index contributed by atoms with van der Waals surface area (Å²) in [5.74, 6) is 1.10. The van der Waals surface area contributed by atoms with E-state index in [2.05, 4.69) is 13.5 Å². The Balaban J connectivity index is 1.66. The Labute approximate surface area is 119 Å². The normalized spacial score (nSPS) is 36.5. The fourth-order valence-corrected chi connectivity index (χ4v) is 3.58. The molecule has 0 aromatic rings. The molecule has 2 amide bonds. The van der Waals surface area contributed by atoms with E-state index in [9.17, 15) is 9.59 Å². The van der Waals surface area contributed by atoms with Gasteiger partial charge in [0.05, 0.1) is 12.1 Å². The van der Waals surface area contributed by atoms with Crippen molar-refractivity contribution >= 4 is 11.8 Å². The number of hydrogen-bond donors (Lipinski definition) is 0. The molecule has 5 nitrogen and oxygen atoms in total. The van der Waals surface area contributed by atoms with Gasteiger partial charge in [0, 0.05) is 25.6 Å². The number of nitrogens with zero attached hydrogens (tertiary/aromatic N) is 2. The number of fused-ring (bicyclic) bond motifs is 1. The fraction of sp³-hybridized carbons (Fsp3) is 0.733. The van der Waals surface area contributed by atoms with Gasteiger partial charge in [0.15, 0.2) is 0 Å². The minimum absolute atomic E-state index is 0.00212. The highest BCUT2D eigenvalue weighted by Gasteiger charge is 2.46. The highest BCUT2D eigenvalue weighted by Crippen LogP contribution is 2.36. The van der Waals surface area contributed by atoms with E-state index in [4.69, 9.17) is 4.74 Å². The zero-order valence-electron chi connectivity index (χ0n) is 12.0. The average Bonchev–Trinajstić information content (AvgIpc) is 2.82. The van der Waals surface area contributed by atoms with Gasteiger partial charge in [-0.2, -0.15) is 0 Å². The lowest BCUT2D eigenvalue weighted by Gasteiger charge is -2.36. The van der Waals surface area contributed by atoms with Gasteiger partial charge in [0.25, 0.3) is 0 Å². The highest BCUT2D eigenvalue weighted by molar-refractivity contribution is 5.81. The Morgan fingerprint density at radius 3 is 2.85 bits per heavy atom. The molecule has 2 aliphatic heterocycles. The molecule has 3 aliphatic rings. The molecule has 0 N–H and O–H groups in total. The molecule has 0 unspecified atom stereocenters. The van der Waals surface area contributed by atoms with Gasteiger partial charge in [-0.1, -0.05) is 13.0 Å². The quantitative estimate of drug-likeness (QED) is 0.713. The summed E-state index contributed by atoms with van der Waals surface area (Å²) in [4.78, 5) is 28.0. The first kappa shape index (κ1) is 13.6. The SMILES string of the molecule is C=CCN1C(=O)CO[C@@H]2CN(C(=O)C3CC(C)C3)C[C@H]21. The second-order valence-corrected chi connectivity index (χ2v) is 6.27. The summed E-state index contributed by atoms with van der Waals surface area (Å²) in [5.41, 5.74) is 0. The molecule has 1 aliphatic carbocycles. The van der Waals surface area contributed by atoms with E-state index in [1.54, 1.807) is 11.0 Å². The van der Waals surface area contributed by atoms with E-state index in [1.165, 1.54) is 0 Å². The second kappa shape index (κ2) is 5.20. The largest absolute Gasteiger partial charge is 0.364 e. The van der Waals surface area contributed by atoms with Crippen molar-refractivity contribution in [1.29, 1.82) is 0 Å². The van der Waals surface area contributed by atoms with Gasteiger partial charge in [-0.05, 0) is 18.8 Å². The molecule has 1 saturated carbocycles.